The van der Waals surface area contributed by atoms with Gasteiger partial charge in [-0.1, -0.05) is 0 Å². The zero-order valence-electron chi connectivity index (χ0n) is 20.8. The largest absolute Gasteiger partial charge is 0.483 e. The first kappa shape index (κ1) is 27.0. The summed E-state index contributed by atoms with van der Waals surface area (Å²) in [6.45, 7) is 10.4. The second-order valence-corrected chi connectivity index (χ2v) is 10.2. The third-order valence-electron chi connectivity index (χ3n) is 7.39. The van der Waals surface area contributed by atoms with Crippen molar-refractivity contribution in [2.24, 2.45) is 0 Å². The van der Waals surface area contributed by atoms with E-state index >= 15 is 0 Å². The summed E-state index contributed by atoms with van der Waals surface area (Å²) in [4.78, 5) is 38.7. The lowest BCUT2D eigenvalue weighted by molar-refractivity contribution is -0.123. The molecular formula is C24H36N6O4S. The number of hydrogen-bond donors (Lipinski definition) is 2. The van der Waals surface area contributed by atoms with Gasteiger partial charge >= 0.3 is 0 Å². The molecule has 0 radical (unpaired) electrons. The zero-order chi connectivity index (χ0) is 25.4. The predicted octanol–water partition coefficient (Wildman–Crippen LogP) is 2.26. The van der Waals surface area contributed by atoms with Gasteiger partial charge in [-0.3, -0.25) is 14.5 Å². The van der Waals surface area contributed by atoms with Gasteiger partial charge in [0.25, 0.3) is 12.9 Å². The molecule has 0 aromatic carbocycles. The zero-order valence-corrected chi connectivity index (χ0v) is 21.6. The number of aromatic nitrogens is 3. The van der Waals surface area contributed by atoms with E-state index in [0.717, 1.165) is 51.5 Å². The summed E-state index contributed by atoms with van der Waals surface area (Å²) < 4.78 is 0. The fourth-order valence-electron chi connectivity index (χ4n) is 5.41. The normalized spacial score (nSPS) is 21.3. The molecule has 5 rings (SSSR count). The number of likely N-dealkylation sites (N-methyl/N-ethyl adjacent to an activating group) is 1. The monoisotopic (exact) mass is 504 g/mol. The van der Waals surface area contributed by atoms with E-state index in [1.165, 1.54) is 42.0 Å². The molecule has 3 aliphatic rings. The molecule has 10 nitrogen and oxygen atoms in total. The highest BCUT2D eigenvalue weighted by Gasteiger charge is 2.44. The van der Waals surface area contributed by atoms with Crippen LogP contribution in [-0.4, -0.2) is 93.7 Å². The first-order valence-corrected chi connectivity index (χ1v) is 12.9. The standard InChI is InChI=1S/C22H32N6S.2CH2O2/c1-16-12-28(11-10-26(16)3)21-19-4-5-22(20(19)24-17(2)25-21)6-8-27(9-7-22)13-18-14-29-15-23-18;2*2-1-3/h14-16H,4-13H2,1-3H3;2*1H,(H,2,3). The van der Waals surface area contributed by atoms with E-state index in [2.05, 4.69) is 46.0 Å². The molecule has 2 aromatic heterocycles. The Hall–Kier alpha value is -2.63. The highest BCUT2D eigenvalue weighted by Crippen LogP contribution is 2.47. The number of rotatable bonds is 3. The van der Waals surface area contributed by atoms with Crippen LogP contribution in [0.4, 0.5) is 5.82 Å². The molecule has 2 N–H and O–H groups in total. The Bertz CT molecular complexity index is 959. The van der Waals surface area contributed by atoms with E-state index in [9.17, 15) is 0 Å². The molecule has 2 aromatic rings. The van der Waals surface area contributed by atoms with Crippen LogP contribution >= 0.6 is 11.3 Å². The molecule has 11 heteroatoms. The minimum atomic E-state index is -0.250. The minimum absolute atomic E-state index is 0.250. The number of nitrogens with zero attached hydrogens (tertiary/aromatic N) is 6. The lowest BCUT2D eigenvalue weighted by Gasteiger charge is -2.40. The summed E-state index contributed by atoms with van der Waals surface area (Å²) >= 11 is 1.69. The van der Waals surface area contributed by atoms with Crippen LogP contribution in [-0.2, 0) is 28.0 Å². The van der Waals surface area contributed by atoms with Crippen molar-refractivity contribution in [1.82, 2.24) is 24.8 Å². The second kappa shape index (κ2) is 12.4. The van der Waals surface area contributed by atoms with Gasteiger partial charge in [0.15, 0.2) is 0 Å². The Labute approximate surface area is 210 Å². The molecule has 0 saturated carbocycles. The summed E-state index contributed by atoms with van der Waals surface area (Å²) in [6.07, 6.45) is 4.79. The second-order valence-electron chi connectivity index (χ2n) is 9.44. The van der Waals surface area contributed by atoms with Gasteiger partial charge in [0, 0.05) is 48.6 Å². The maximum Gasteiger partial charge on any atom is 0.290 e. The molecule has 2 fully saturated rings. The Morgan fingerprint density at radius 2 is 1.80 bits per heavy atom. The topological polar surface area (TPSA) is 123 Å². The number of hydrogen-bond acceptors (Lipinski definition) is 9. The predicted molar refractivity (Wildman–Crippen MR) is 135 cm³/mol. The van der Waals surface area contributed by atoms with E-state index in [1.807, 2.05) is 5.51 Å². The molecule has 1 unspecified atom stereocenters. The summed E-state index contributed by atoms with van der Waals surface area (Å²) in [5, 5.41) is 16.0. The van der Waals surface area contributed by atoms with Gasteiger partial charge in [-0.15, -0.1) is 11.3 Å². The summed E-state index contributed by atoms with van der Waals surface area (Å²) in [5.41, 5.74) is 6.23. The van der Waals surface area contributed by atoms with Crippen LogP contribution in [0.15, 0.2) is 10.9 Å². The van der Waals surface area contributed by atoms with Crippen molar-refractivity contribution < 1.29 is 19.8 Å². The van der Waals surface area contributed by atoms with Crippen molar-refractivity contribution in [2.75, 3.05) is 44.7 Å². The number of likely N-dealkylation sites (tertiary alicyclic amines) is 1. The molecule has 4 heterocycles. The number of piperazine rings is 1. The van der Waals surface area contributed by atoms with Crippen molar-refractivity contribution in [3.05, 3.63) is 33.7 Å². The van der Waals surface area contributed by atoms with Gasteiger partial charge in [-0.25, -0.2) is 15.0 Å². The maximum absolute atomic E-state index is 8.36. The third kappa shape index (κ3) is 6.33. The Morgan fingerprint density at radius 3 is 2.40 bits per heavy atom. The van der Waals surface area contributed by atoms with Crippen LogP contribution in [0.3, 0.4) is 0 Å². The van der Waals surface area contributed by atoms with Crippen molar-refractivity contribution in [1.29, 1.82) is 0 Å². The number of aryl methyl sites for hydroxylation is 1. The fraction of sp³-hybridized carbons (Fsp3) is 0.625. The smallest absolute Gasteiger partial charge is 0.290 e. The summed E-state index contributed by atoms with van der Waals surface area (Å²) in [7, 11) is 2.23. The summed E-state index contributed by atoms with van der Waals surface area (Å²) in [6, 6.07) is 0.569. The first-order chi connectivity index (χ1) is 16.9. The van der Waals surface area contributed by atoms with Gasteiger partial charge < -0.3 is 20.0 Å². The number of thiazole rings is 1. The van der Waals surface area contributed by atoms with Gasteiger partial charge in [0.1, 0.15) is 11.6 Å². The van der Waals surface area contributed by atoms with E-state index in [0.29, 0.717) is 6.04 Å². The van der Waals surface area contributed by atoms with Crippen LogP contribution in [0.1, 0.15) is 49.0 Å². The van der Waals surface area contributed by atoms with Crippen molar-refractivity contribution in [2.45, 2.75) is 57.5 Å². The Kier molecular flexibility index (Phi) is 9.53. The molecular weight excluding hydrogens is 468 g/mol. The molecule has 192 valence electrons. The lowest BCUT2D eigenvalue weighted by atomic mass is 9.76. The molecule has 1 atom stereocenters. The molecule has 1 spiro atoms. The number of anilines is 1. The van der Waals surface area contributed by atoms with Crippen molar-refractivity contribution >= 4 is 30.1 Å². The van der Waals surface area contributed by atoms with Crippen LogP contribution in [0.2, 0.25) is 0 Å². The van der Waals surface area contributed by atoms with Crippen LogP contribution in [0, 0.1) is 6.92 Å². The molecule has 2 saturated heterocycles. The molecule has 0 bridgehead atoms. The number of fused-ring (bicyclic) bond motifs is 2. The minimum Gasteiger partial charge on any atom is -0.483 e. The average Bonchev–Trinajstić information content (AvgIpc) is 3.47. The Balaban J connectivity index is 0.000000520. The molecule has 0 amide bonds. The van der Waals surface area contributed by atoms with Crippen molar-refractivity contribution in [3.8, 4) is 0 Å². The lowest BCUT2D eigenvalue weighted by Crippen LogP contribution is -2.50. The molecule has 1 aliphatic carbocycles. The number of carbonyl (C=O) groups is 2. The summed E-state index contributed by atoms with van der Waals surface area (Å²) in [5.74, 6) is 2.17. The number of carboxylic acid groups (broad SMARTS) is 2. The van der Waals surface area contributed by atoms with Crippen LogP contribution < -0.4 is 4.90 Å². The third-order valence-corrected chi connectivity index (χ3v) is 8.03. The van der Waals surface area contributed by atoms with Crippen molar-refractivity contribution in [3.63, 3.8) is 0 Å². The van der Waals surface area contributed by atoms with Gasteiger partial charge in [0.2, 0.25) is 0 Å². The maximum atomic E-state index is 8.36. The highest BCUT2D eigenvalue weighted by molar-refractivity contribution is 7.07. The molecule has 2 aliphatic heterocycles. The molecule has 35 heavy (non-hydrogen) atoms. The van der Waals surface area contributed by atoms with E-state index in [4.69, 9.17) is 29.8 Å². The first-order valence-electron chi connectivity index (χ1n) is 12.0. The van der Waals surface area contributed by atoms with E-state index in [1.54, 1.807) is 11.3 Å². The quantitative estimate of drug-likeness (QED) is 0.602. The van der Waals surface area contributed by atoms with Crippen LogP contribution in [0.5, 0.6) is 0 Å². The van der Waals surface area contributed by atoms with Gasteiger partial charge in [-0.05, 0) is 59.7 Å². The fourth-order valence-corrected chi connectivity index (χ4v) is 5.96. The van der Waals surface area contributed by atoms with Gasteiger partial charge in [-0.2, -0.15) is 0 Å². The number of piperidine rings is 1. The highest BCUT2D eigenvalue weighted by atomic mass is 32.1. The van der Waals surface area contributed by atoms with Gasteiger partial charge in [0.05, 0.1) is 16.9 Å². The average molecular weight is 505 g/mol. The SMILES string of the molecule is Cc1nc(N2CCN(C)C(C)C2)c2c(n1)C1(CC2)CCN(Cc2cscn2)CC1.O=CO.O=CO. The van der Waals surface area contributed by atoms with E-state index in [-0.39, 0.29) is 18.4 Å². The Morgan fingerprint density at radius 1 is 1.11 bits per heavy atom. The van der Waals surface area contributed by atoms with E-state index < -0.39 is 0 Å². The van der Waals surface area contributed by atoms with Crippen LogP contribution in [0.25, 0.3) is 0 Å².